The summed E-state index contributed by atoms with van der Waals surface area (Å²) in [6.07, 6.45) is 1.39. The van der Waals surface area contributed by atoms with Crippen LogP contribution in [0.3, 0.4) is 0 Å². The standard InChI is InChI=1S/C19H16ClN3O2S2/c1-12-5-3-4-6-13(12)11-26-19-21-10-17-18(22-19)15-8-7-14(20)9-16(15)23(2)27(17,24)25/h3-10H,11H2,1-2H3. The summed E-state index contributed by atoms with van der Waals surface area (Å²) in [6, 6.07) is 13.3. The van der Waals surface area contributed by atoms with Gasteiger partial charge in [0.2, 0.25) is 0 Å². The Kier molecular flexibility index (Phi) is 4.61. The molecular weight excluding hydrogens is 402 g/mol. The number of anilines is 1. The quantitative estimate of drug-likeness (QED) is 0.462. The number of nitrogens with zero attached hydrogens (tertiary/aromatic N) is 3. The van der Waals surface area contributed by atoms with E-state index in [0.717, 1.165) is 5.56 Å². The van der Waals surface area contributed by atoms with Crippen LogP contribution in [0.25, 0.3) is 11.3 Å². The molecule has 0 bridgehead atoms. The number of aryl methyl sites for hydroxylation is 1. The third-order valence-electron chi connectivity index (χ3n) is 4.54. The molecule has 27 heavy (non-hydrogen) atoms. The highest BCUT2D eigenvalue weighted by Gasteiger charge is 2.34. The van der Waals surface area contributed by atoms with Crippen LogP contribution in [0.2, 0.25) is 5.02 Å². The van der Waals surface area contributed by atoms with Crippen molar-refractivity contribution < 1.29 is 8.42 Å². The maximum atomic E-state index is 12.8. The van der Waals surface area contributed by atoms with Gasteiger partial charge in [0.25, 0.3) is 10.0 Å². The van der Waals surface area contributed by atoms with E-state index in [2.05, 4.69) is 29.0 Å². The van der Waals surface area contributed by atoms with Crippen molar-refractivity contribution in [3.8, 4) is 11.3 Å². The van der Waals surface area contributed by atoms with E-state index in [1.54, 1.807) is 18.2 Å². The summed E-state index contributed by atoms with van der Waals surface area (Å²) in [5.74, 6) is 0.714. The fraction of sp³-hybridized carbons (Fsp3) is 0.158. The fourth-order valence-corrected chi connectivity index (χ4v) is 5.31. The van der Waals surface area contributed by atoms with Crippen molar-refractivity contribution >= 4 is 39.1 Å². The van der Waals surface area contributed by atoms with Gasteiger partial charge in [-0.2, -0.15) is 0 Å². The summed E-state index contributed by atoms with van der Waals surface area (Å²) in [4.78, 5) is 8.95. The Morgan fingerprint density at radius 1 is 1.19 bits per heavy atom. The van der Waals surface area contributed by atoms with Crippen LogP contribution in [0.5, 0.6) is 0 Å². The van der Waals surface area contributed by atoms with E-state index in [0.29, 0.717) is 27.3 Å². The average Bonchev–Trinajstić information content (AvgIpc) is 2.65. The van der Waals surface area contributed by atoms with Gasteiger partial charge < -0.3 is 0 Å². The van der Waals surface area contributed by atoms with Crippen LogP contribution in [0.4, 0.5) is 5.69 Å². The normalized spacial score (nSPS) is 14.6. The second kappa shape index (κ2) is 6.82. The molecule has 0 amide bonds. The molecule has 4 rings (SSSR count). The Morgan fingerprint density at radius 2 is 1.96 bits per heavy atom. The Balaban J connectivity index is 1.76. The number of sulfonamides is 1. The van der Waals surface area contributed by atoms with Crippen LogP contribution in [-0.4, -0.2) is 25.4 Å². The maximum Gasteiger partial charge on any atom is 0.267 e. The molecule has 1 aliphatic heterocycles. The zero-order valence-corrected chi connectivity index (χ0v) is 17.1. The number of fused-ring (bicyclic) bond motifs is 3. The molecule has 138 valence electrons. The third-order valence-corrected chi connectivity index (χ3v) is 7.46. The number of aromatic nitrogens is 2. The Bertz CT molecular complexity index is 1150. The predicted octanol–water partition coefficient (Wildman–Crippen LogP) is 4.54. The molecule has 2 aromatic carbocycles. The molecule has 1 aliphatic rings. The van der Waals surface area contributed by atoms with Crippen LogP contribution in [0.1, 0.15) is 11.1 Å². The summed E-state index contributed by atoms with van der Waals surface area (Å²) in [5.41, 5.74) is 4.06. The van der Waals surface area contributed by atoms with Gasteiger partial charge in [0.1, 0.15) is 4.90 Å². The molecule has 0 spiro atoms. The molecule has 5 nitrogen and oxygen atoms in total. The summed E-state index contributed by atoms with van der Waals surface area (Å²) < 4.78 is 26.8. The molecule has 2 heterocycles. The fourth-order valence-electron chi connectivity index (χ4n) is 2.96. The smallest absolute Gasteiger partial charge is 0.267 e. The van der Waals surface area contributed by atoms with E-state index in [1.165, 1.54) is 40.4 Å². The molecule has 0 fully saturated rings. The van der Waals surface area contributed by atoms with Gasteiger partial charge >= 0.3 is 0 Å². The van der Waals surface area contributed by atoms with Gasteiger partial charge in [-0.3, -0.25) is 4.31 Å². The molecule has 0 saturated carbocycles. The lowest BCUT2D eigenvalue weighted by Crippen LogP contribution is -2.31. The molecule has 0 aliphatic carbocycles. The van der Waals surface area contributed by atoms with Crippen molar-refractivity contribution in [1.29, 1.82) is 0 Å². The van der Waals surface area contributed by atoms with Crippen molar-refractivity contribution in [2.75, 3.05) is 11.4 Å². The van der Waals surface area contributed by atoms with Crippen LogP contribution >= 0.6 is 23.4 Å². The average molecular weight is 418 g/mol. The van der Waals surface area contributed by atoms with Crippen molar-refractivity contribution in [3.63, 3.8) is 0 Å². The number of thioether (sulfide) groups is 1. The molecule has 0 atom stereocenters. The summed E-state index contributed by atoms with van der Waals surface area (Å²) in [5, 5.41) is 1.01. The molecular formula is C19H16ClN3O2S2. The largest absolute Gasteiger partial charge is 0.269 e. The maximum absolute atomic E-state index is 12.8. The number of hydrogen-bond acceptors (Lipinski definition) is 5. The minimum atomic E-state index is -3.70. The van der Waals surface area contributed by atoms with Gasteiger partial charge in [-0.15, -0.1) is 0 Å². The molecule has 0 unspecified atom stereocenters. The first kappa shape index (κ1) is 18.3. The van der Waals surface area contributed by atoms with E-state index in [9.17, 15) is 8.42 Å². The third kappa shape index (κ3) is 3.20. The van der Waals surface area contributed by atoms with Crippen LogP contribution in [-0.2, 0) is 15.8 Å². The SMILES string of the molecule is Cc1ccccc1CSc1ncc2c(n1)-c1ccc(Cl)cc1N(C)S2(=O)=O. The first-order valence-corrected chi connectivity index (χ1v) is 11.0. The second-order valence-electron chi connectivity index (χ2n) is 6.21. The van der Waals surface area contributed by atoms with Gasteiger partial charge in [-0.05, 0) is 36.2 Å². The minimum Gasteiger partial charge on any atom is -0.269 e. The van der Waals surface area contributed by atoms with Crippen LogP contribution < -0.4 is 4.31 Å². The number of hydrogen-bond donors (Lipinski definition) is 0. The van der Waals surface area contributed by atoms with Crippen LogP contribution in [0.15, 0.2) is 58.7 Å². The summed E-state index contributed by atoms with van der Waals surface area (Å²) in [6.45, 7) is 2.06. The van der Waals surface area contributed by atoms with Crippen molar-refractivity contribution in [2.24, 2.45) is 0 Å². The highest BCUT2D eigenvalue weighted by atomic mass is 35.5. The lowest BCUT2D eigenvalue weighted by atomic mass is 10.1. The first-order valence-electron chi connectivity index (χ1n) is 8.21. The van der Waals surface area contributed by atoms with Gasteiger partial charge in [0.05, 0.1) is 17.6 Å². The second-order valence-corrected chi connectivity index (χ2v) is 9.53. The van der Waals surface area contributed by atoms with Crippen LogP contribution in [0, 0.1) is 6.92 Å². The topological polar surface area (TPSA) is 63.2 Å². The molecule has 1 aromatic heterocycles. The molecule has 8 heteroatoms. The lowest BCUT2D eigenvalue weighted by Gasteiger charge is -2.28. The molecule has 0 radical (unpaired) electrons. The number of rotatable bonds is 3. The Labute approximate surface area is 167 Å². The summed E-state index contributed by atoms with van der Waals surface area (Å²) in [7, 11) is -2.19. The highest BCUT2D eigenvalue weighted by molar-refractivity contribution is 7.98. The van der Waals surface area contributed by atoms with Crippen molar-refractivity contribution in [2.45, 2.75) is 22.7 Å². The molecule has 0 N–H and O–H groups in total. The van der Waals surface area contributed by atoms with Gasteiger partial charge in [0.15, 0.2) is 5.16 Å². The van der Waals surface area contributed by atoms with E-state index in [1.807, 2.05) is 12.1 Å². The zero-order valence-electron chi connectivity index (χ0n) is 14.7. The van der Waals surface area contributed by atoms with E-state index >= 15 is 0 Å². The monoisotopic (exact) mass is 417 g/mol. The zero-order chi connectivity index (χ0) is 19.2. The van der Waals surface area contributed by atoms with Gasteiger partial charge in [-0.1, -0.05) is 47.6 Å². The Morgan fingerprint density at radius 3 is 2.74 bits per heavy atom. The Hall–Kier alpha value is -2.09. The molecule has 3 aromatic rings. The molecule has 0 saturated heterocycles. The number of benzene rings is 2. The van der Waals surface area contributed by atoms with Gasteiger partial charge in [-0.25, -0.2) is 18.4 Å². The summed E-state index contributed by atoms with van der Waals surface area (Å²) >= 11 is 7.55. The van der Waals surface area contributed by atoms with Gasteiger partial charge in [0, 0.05) is 23.4 Å². The van der Waals surface area contributed by atoms with Crippen molar-refractivity contribution in [3.05, 3.63) is 64.8 Å². The number of halogens is 1. The first-order chi connectivity index (χ1) is 12.9. The van der Waals surface area contributed by atoms with Crippen molar-refractivity contribution in [1.82, 2.24) is 9.97 Å². The van der Waals surface area contributed by atoms with E-state index in [-0.39, 0.29) is 4.90 Å². The van der Waals surface area contributed by atoms with E-state index < -0.39 is 10.0 Å². The predicted molar refractivity (Wildman–Crippen MR) is 109 cm³/mol. The highest BCUT2D eigenvalue weighted by Crippen LogP contribution is 2.42. The minimum absolute atomic E-state index is 0.111. The lowest BCUT2D eigenvalue weighted by molar-refractivity contribution is 0.592. The van der Waals surface area contributed by atoms with E-state index in [4.69, 9.17) is 11.6 Å².